The number of halogens is 1. The first-order valence-electron chi connectivity index (χ1n) is 8.65. The lowest BCUT2D eigenvalue weighted by Crippen LogP contribution is -2.30. The van der Waals surface area contributed by atoms with Gasteiger partial charge in [-0.3, -0.25) is 9.59 Å². The number of esters is 1. The molecule has 1 aromatic heterocycles. The molecule has 0 saturated heterocycles. The Morgan fingerprint density at radius 3 is 2.85 bits per heavy atom. The highest BCUT2D eigenvalue weighted by Crippen LogP contribution is 2.22. The number of amides is 1. The maximum atomic E-state index is 12.0. The summed E-state index contributed by atoms with van der Waals surface area (Å²) in [6.07, 6.45) is 2.27. The van der Waals surface area contributed by atoms with Gasteiger partial charge in [-0.1, -0.05) is 35.9 Å². The predicted molar refractivity (Wildman–Crippen MR) is 104 cm³/mol. The minimum Gasteiger partial charge on any atom is -0.464 e. The normalized spacial score (nSPS) is 10.7. The van der Waals surface area contributed by atoms with Crippen molar-refractivity contribution in [2.75, 3.05) is 13.2 Å². The molecule has 0 aliphatic heterocycles. The number of carbonyl (C=O) groups excluding carboxylic acids is 2. The van der Waals surface area contributed by atoms with Crippen LogP contribution in [0.25, 0.3) is 11.0 Å². The molecule has 0 spiro atoms. The van der Waals surface area contributed by atoms with Crippen LogP contribution in [-0.4, -0.2) is 25.0 Å². The topological polar surface area (TPSA) is 68.5 Å². The van der Waals surface area contributed by atoms with Crippen LogP contribution in [0.3, 0.4) is 0 Å². The number of ether oxygens (including phenoxy) is 1. The lowest BCUT2D eigenvalue weighted by atomic mass is 10.1. The number of hydrogen-bond acceptors (Lipinski definition) is 4. The molecular formula is C21H20ClNO4. The van der Waals surface area contributed by atoms with Gasteiger partial charge in [-0.15, -0.1) is 0 Å². The van der Waals surface area contributed by atoms with Crippen LogP contribution < -0.4 is 5.32 Å². The molecule has 0 aliphatic rings. The average Bonchev–Trinajstić information content (AvgIpc) is 3.02. The van der Waals surface area contributed by atoms with Gasteiger partial charge in [0.25, 0.3) is 5.91 Å². The summed E-state index contributed by atoms with van der Waals surface area (Å²) in [6.45, 7) is 2.12. The van der Waals surface area contributed by atoms with Crippen LogP contribution in [-0.2, 0) is 27.2 Å². The van der Waals surface area contributed by atoms with E-state index >= 15 is 0 Å². The van der Waals surface area contributed by atoms with Crippen LogP contribution in [0.1, 0.15) is 16.7 Å². The largest absolute Gasteiger partial charge is 0.464 e. The van der Waals surface area contributed by atoms with Crippen molar-refractivity contribution in [3.8, 4) is 0 Å². The zero-order chi connectivity index (χ0) is 19.2. The molecule has 0 radical (unpaired) electrons. The summed E-state index contributed by atoms with van der Waals surface area (Å²) < 4.78 is 10.5. The van der Waals surface area contributed by atoms with Crippen molar-refractivity contribution in [3.05, 3.63) is 70.4 Å². The Hall–Kier alpha value is -2.79. The van der Waals surface area contributed by atoms with E-state index in [0.29, 0.717) is 18.0 Å². The highest BCUT2D eigenvalue weighted by molar-refractivity contribution is 6.30. The Morgan fingerprint density at radius 2 is 2.04 bits per heavy atom. The number of nitrogens with one attached hydrogen (secondary N) is 1. The number of furan rings is 1. The van der Waals surface area contributed by atoms with Crippen molar-refractivity contribution >= 4 is 34.4 Å². The smallest absolute Gasteiger partial charge is 0.310 e. The second-order valence-electron chi connectivity index (χ2n) is 6.33. The Morgan fingerprint density at radius 1 is 1.19 bits per heavy atom. The van der Waals surface area contributed by atoms with Gasteiger partial charge in [-0.25, -0.2) is 0 Å². The standard InChI is InChI=1S/C21H20ClNO4/c1-14-5-6-18-16(12-26-19(18)9-14)11-21(25)27-13-20(24)23-8-7-15-3-2-4-17(22)10-15/h2-6,9-10,12H,7-8,11,13H2,1H3,(H,23,24). The third kappa shape index (κ3) is 5.34. The Bertz CT molecular complexity index is 964. The monoisotopic (exact) mass is 385 g/mol. The van der Waals surface area contributed by atoms with Crippen molar-refractivity contribution in [2.45, 2.75) is 19.8 Å². The van der Waals surface area contributed by atoms with Crippen LogP contribution in [0, 0.1) is 6.92 Å². The second-order valence-corrected chi connectivity index (χ2v) is 6.76. The molecule has 5 nitrogen and oxygen atoms in total. The molecule has 27 heavy (non-hydrogen) atoms. The lowest BCUT2D eigenvalue weighted by Gasteiger charge is -2.07. The molecule has 0 aliphatic carbocycles. The van der Waals surface area contributed by atoms with E-state index in [1.54, 1.807) is 12.3 Å². The summed E-state index contributed by atoms with van der Waals surface area (Å²) in [6, 6.07) is 13.2. The van der Waals surface area contributed by atoms with E-state index in [-0.39, 0.29) is 18.9 Å². The van der Waals surface area contributed by atoms with Crippen molar-refractivity contribution < 1.29 is 18.7 Å². The summed E-state index contributed by atoms with van der Waals surface area (Å²) >= 11 is 5.92. The number of aryl methyl sites for hydroxylation is 1. The quantitative estimate of drug-likeness (QED) is 0.627. The van der Waals surface area contributed by atoms with Gasteiger partial charge in [0.1, 0.15) is 5.58 Å². The zero-order valence-electron chi connectivity index (χ0n) is 15.0. The summed E-state index contributed by atoms with van der Waals surface area (Å²) in [4.78, 5) is 23.8. The van der Waals surface area contributed by atoms with E-state index in [1.165, 1.54) is 0 Å². The molecule has 0 unspecified atom stereocenters. The molecule has 3 aromatic rings. The van der Waals surface area contributed by atoms with Crippen LogP contribution in [0.15, 0.2) is 53.1 Å². The number of hydrogen-bond donors (Lipinski definition) is 1. The molecule has 3 rings (SSSR count). The molecule has 1 heterocycles. The van der Waals surface area contributed by atoms with E-state index < -0.39 is 5.97 Å². The molecule has 0 bridgehead atoms. The summed E-state index contributed by atoms with van der Waals surface area (Å²) in [5, 5.41) is 4.26. The van der Waals surface area contributed by atoms with Gasteiger partial charge in [-0.05, 0) is 42.7 Å². The first kappa shape index (κ1) is 19.0. The van der Waals surface area contributed by atoms with Crippen molar-refractivity contribution in [2.24, 2.45) is 0 Å². The molecule has 1 N–H and O–H groups in total. The maximum Gasteiger partial charge on any atom is 0.310 e. The van der Waals surface area contributed by atoms with Crippen LogP contribution in [0.5, 0.6) is 0 Å². The van der Waals surface area contributed by atoms with E-state index in [9.17, 15) is 9.59 Å². The van der Waals surface area contributed by atoms with Crippen LogP contribution in [0.4, 0.5) is 0 Å². The van der Waals surface area contributed by atoms with Gasteiger partial charge in [0.15, 0.2) is 6.61 Å². The summed E-state index contributed by atoms with van der Waals surface area (Å²) in [7, 11) is 0. The fourth-order valence-corrected chi connectivity index (χ4v) is 2.98. The number of fused-ring (bicyclic) bond motifs is 1. The fourth-order valence-electron chi connectivity index (χ4n) is 2.77. The number of carbonyl (C=O) groups is 2. The minimum absolute atomic E-state index is 0.0614. The van der Waals surface area contributed by atoms with Crippen molar-refractivity contribution in [1.29, 1.82) is 0 Å². The minimum atomic E-state index is -0.469. The van der Waals surface area contributed by atoms with Gasteiger partial charge in [0.2, 0.25) is 0 Å². The van der Waals surface area contributed by atoms with E-state index in [4.69, 9.17) is 20.8 Å². The van der Waals surface area contributed by atoms with Crippen molar-refractivity contribution in [1.82, 2.24) is 5.32 Å². The Balaban J connectivity index is 1.42. The average molecular weight is 386 g/mol. The highest BCUT2D eigenvalue weighted by Gasteiger charge is 2.13. The van der Waals surface area contributed by atoms with Gasteiger partial charge < -0.3 is 14.5 Å². The van der Waals surface area contributed by atoms with Gasteiger partial charge in [0, 0.05) is 22.5 Å². The van der Waals surface area contributed by atoms with Gasteiger partial charge in [-0.2, -0.15) is 0 Å². The third-order valence-electron chi connectivity index (χ3n) is 4.14. The molecule has 0 atom stereocenters. The summed E-state index contributed by atoms with van der Waals surface area (Å²) in [5.74, 6) is -0.804. The molecule has 0 saturated carbocycles. The van der Waals surface area contributed by atoms with E-state index in [2.05, 4.69) is 5.32 Å². The SMILES string of the molecule is Cc1ccc2c(CC(=O)OCC(=O)NCCc3cccc(Cl)c3)coc2c1. The Labute approximate surface area is 162 Å². The van der Waals surface area contributed by atoms with Crippen LogP contribution >= 0.6 is 11.6 Å². The third-order valence-corrected chi connectivity index (χ3v) is 4.37. The first-order valence-corrected chi connectivity index (χ1v) is 9.02. The predicted octanol–water partition coefficient (Wildman–Crippen LogP) is 3.84. The van der Waals surface area contributed by atoms with Crippen LogP contribution in [0.2, 0.25) is 5.02 Å². The molecule has 0 fully saturated rings. The Kier molecular flexibility index (Phi) is 6.14. The highest BCUT2D eigenvalue weighted by atomic mass is 35.5. The number of benzene rings is 2. The number of rotatable bonds is 7. The molecule has 6 heteroatoms. The molecule has 1 amide bonds. The maximum absolute atomic E-state index is 12.0. The summed E-state index contributed by atoms with van der Waals surface area (Å²) in [5.41, 5.74) is 3.59. The zero-order valence-corrected chi connectivity index (χ0v) is 15.7. The molecular weight excluding hydrogens is 366 g/mol. The first-order chi connectivity index (χ1) is 13.0. The van der Waals surface area contributed by atoms with Crippen molar-refractivity contribution in [3.63, 3.8) is 0 Å². The van der Waals surface area contributed by atoms with Gasteiger partial charge >= 0.3 is 5.97 Å². The second kappa shape index (κ2) is 8.73. The van der Waals surface area contributed by atoms with E-state index in [1.807, 2.05) is 43.3 Å². The molecule has 140 valence electrons. The van der Waals surface area contributed by atoms with Gasteiger partial charge in [0.05, 0.1) is 12.7 Å². The lowest BCUT2D eigenvalue weighted by molar-refractivity contribution is -0.147. The van der Waals surface area contributed by atoms with E-state index in [0.717, 1.165) is 27.7 Å². The fraction of sp³-hybridized carbons (Fsp3) is 0.238. The molecule has 2 aromatic carbocycles.